The fourth-order valence-corrected chi connectivity index (χ4v) is 3.56. The summed E-state index contributed by atoms with van der Waals surface area (Å²) >= 11 is 0. The van der Waals surface area contributed by atoms with Gasteiger partial charge in [-0.25, -0.2) is 4.79 Å². The van der Waals surface area contributed by atoms with Crippen LogP contribution in [0.15, 0.2) is 60.7 Å². The maximum Gasteiger partial charge on any atom is 0.416 e. The Morgan fingerprint density at radius 3 is 1.89 bits per heavy atom. The number of hydrogen-bond acceptors (Lipinski definition) is 3. The number of nitrogens with zero attached hydrogens (tertiary/aromatic N) is 1. The van der Waals surface area contributed by atoms with E-state index in [1.807, 2.05) is 5.32 Å². The number of carbonyl (C=O) groups is 2. The van der Waals surface area contributed by atoms with Crippen molar-refractivity contribution >= 4 is 34.2 Å². The summed E-state index contributed by atoms with van der Waals surface area (Å²) in [4.78, 5) is 24.1. The average Bonchev–Trinajstić information content (AvgIpc) is 3.26. The van der Waals surface area contributed by atoms with E-state index in [1.165, 1.54) is 19.2 Å². The van der Waals surface area contributed by atoms with Gasteiger partial charge in [0, 0.05) is 23.8 Å². The van der Waals surface area contributed by atoms with Gasteiger partial charge in [-0.2, -0.15) is 31.4 Å². The lowest BCUT2D eigenvalue weighted by molar-refractivity contribution is -0.143. The van der Waals surface area contributed by atoms with Crippen LogP contribution in [0.4, 0.5) is 42.5 Å². The molecule has 7 nitrogen and oxygen atoms in total. The van der Waals surface area contributed by atoms with Gasteiger partial charge < -0.3 is 16.0 Å². The van der Waals surface area contributed by atoms with Gasteiger partial charge in [0.15, 0.2) is 5.69 Å². The van der Waals surface area contributed by atoms with Crippen LogP contribution >= 0.6 is 0 Å². The number of H-pyrrole nitrogens is 1. The Kier molecular flexibility index (Phi) is 6.55. The smallest absolute Gasteiger partial charge is 0.354 e. The Balaban J connectivity index is 1.49. The van der Waals surface area contributed by atoms with Gasteiger partial charge in [-0.05, 0) is 53.6 Å². The normalized spacial score (nSPS) is 11.9. The number of benzene rings is 3. The molecule has 4 rings (SSSR count). The Bertz CT molecular complexity index is 1440. The molecule has 1 heterocycles. The predicted molar refractivity (Wildman–Crippen MR) is 124 cm³/mol. The van der Waals surface area contributed by atoms with E-state index in [0.29, 0.717) is 23.0 Å². The molecule has 192 valence electrons. The molecular weight excluding hydrogens is 504 g/mol. The molecule has 1 aromatic heterocycles. The summed E-state index contributed by atoms with van der Waals surface area (Å²) < 4.78 is 78.1. The van der Waals surface area contributed by atoms with Crippen LogP contribution in [-0.2, 0) is 12.4 Å². The van der Waals surface area contributed by atoms with Crippen molar-refractivity contribution in [1.29, 1.82) is 0 Å². The number of aromatic amines is 1. The number of hydrogen-bond donors (Lipinski definition) is 4. The Hall–Kier alpha value is -4.55. The van der Waals surface area contributed by atoms with Crippen LogP contribution in [0.1, 0.15) is 21.6 Å². The molecule has 0 saturated heterocycles. The second-order valence-corrected chi connectivity index (χ2v) is 7.86. The van der Waals surface area contributed by atoms with E-state index < -0.39 is 35.2 Å². The predicted octanol–water partition coefficient (Wildman–Crippen LogP) is 6.27. The molecule has 4 aromatic rings. The molecule has 0 saturated carbocycles. The van der Waals surface area contributed by atoms with E-state index in [4.69, 9.17) is 0 Å². The van der Waals surface area contributed by atoms with Crippen molar-refractivity contribution in [2.24, 2.45) is 0 Å². The summed E-state index contributed by atoms with van der Waals surface area (Å²) in [6, 6.07) is 11.4. The molecule has 0 unspecified atom stereocenters. The van der Waals surface area contributed by atoms with Crippen LogP contribution in [0.3, 0.4) is 0 Å². The first kappa shape index (κ1) is 25.5. The first-order valence-corrected chi connectivity index (χ1v) is 10.5. The number of amides is 3. The molecule has 4 N–H and O–H groups in total. The number of anilines is 2. The van der Waals surface area contributed by atoms with Crippen molar-refractivity contribution < 1.29 is 35.9 Å². The number of urea groups is 1. The van der Waals surface area contributed by atoms with Gasteiger partial charge in [-0.3, -0.25) is 9.89 Å². The highest BCUT2D eigenvalue weighted by Gasteiger charge is 2.37. The zero-order chi connectivity index (χ0) is 27.0. The van der Waals surface area contributed by atoms with Gasteiger partial charge in [0.05, 0.1) is 16.6 Å². The zero-order valence-electron chi connectivity index (χ0n) is 18.8. The Morgan fingerprint density at radius 1 is 0.757 bits per heavy atom. The van der Waals surface area contributed by atoms with Gasteiger partial charge in [-0.15, -0.1) is 0 Å². The highest BCUT2D eigenvalue weighted by molar-refractivity contribution is 6.05. The molecule has 37 heavy (non-hydrogen) atoms. The standard InChI is InChI=1S/C24H17F6N5O2/c1-31-21(36)20-18-7-4-13(8-19(18)34-35-20)12-2-5-16(6-3-12)32-22(37)33-17-10-14(23(25,26)27)9-15(11-17)24(28,29)30/h2-11H,1H3,(H,31,36)(H,34,35)(H2,32,33,37). The van der Waals surface area contributed by atoms with E-state index in [0.717, 1.165) is 11.1 Å². The number of halogens is 6. The lowest BCUT2D eigenvalue weighted by Gasteiger charge is -2.15. The lowest BCUT2D eigenvalue weighted by atomic mass is 10.0. The van der Waals surface area contributed by atoms with E-state index in [1.54, 1.807) is 30.3 Å². The van der Waals surface area contributed by atoms with Crippen LogP contribution < -0.4 is 16.0 Å². The monoisotopic (exact) mass is 521 g/mol. The maximum atomic E-state index is 13.0. The van der Waals surface area contributed by atoms with Gasteiger partial charge in [0.2, 0.25) is 0 Å². The Morgan fingerprint density at radius 2 is 1.32 bits per heavy atom. The average molecular weight is 521 g/mol. The molecule has 0 aliphatic carbocycles. The highest BCUT2D eigenvalue weighted by Crippen LogP contribution is 2.37. The van der Waals surface area contributed by atoms with Gasteiger partial charge in [0.1, 0.15) is 0 Å². The number of carbonyl (C=O) groups excluding carboxylic acids is 2. The van der Waals surface area contributed by atoms with E-state index in [9.17, 15) is 35.9 Å². The van der Waals surface area contributed by atoms with Crippen LogP contribution in [0.25, 0.3) is 22.0 Å². The highest BCUT2D eigenvalue weighted by atomic mass is 19.4. The maximum absolute atomic E-state index is 13.0. The number of aromatic nitrogens is 2. The number of alkyl halides is 6. The molecule has 0 aliphatic heterocycles. The van der Waals surface area contributed by atoms with Crippen molar-refractivity contribution in [3.63, 3.8) is 0 Å². The molecule has 0 fully saturated rings. The summed E-state index contributed by atoms with van der Waals surface area (Å²) in [5.74, 6) is -0.340. The second-order valence-electron chi connectivity index (χ2n) is 7.86. The van der Waals surface area contributed by atoms with E-state index >= 15 is 0 Å². The quantitative estimate of drug-likeness (QED) is 0.238. The number of fused-ring (bicyclic) bond motifs is 1. The topological polar surface area (TPSA) is 98.9 Å². The molecule has 3 aromatic carbocycles. The number of nitrogens with one attached hydrogen (secondary N) is 4. The molecule has 3 amide bonds. The molecule has 0 radical (unpaired) electrons. The van der Waals surface area contributed by atoms with Crippen LogP contribution in [-0.4, -0.2) is 29.2 Å². The van der Waals surface area contributed by atoms with Gasteiger partial charge in [0.25, 0.3) is 5.91 Å². The van der Waals surface area contributed by atoms with Crippen LogP contribution in [0.5, 0.6) is 0 Å². The van der Waals surface area contributed by atoms with Gasteiger partial charge >= 0.3 is 18.4 Å². The summed E-state index contributed by atoms with van der Waals surface area (Å²) in [6.45, 7) is 0. The minimum Gasteiger partial charge on any atom is -0.354 e. The number of rotatable bonds is 4. The SMILES string of the molecule is CNC(=O)c1n[nH]c2cc(-c3ccc(NC(=O)Nc4cc(C(F)(F)F)cc(C(F)(F)F)c4)cc3)ccc12. The summed E-state index contributed by atoms with van der Waals surface area (Å²) in [7, 11) is 1.49. The molecule has 0 spiro atoms. The third kappa shape index (κ3) is 5.66. The molecule has 0 aliphatic rings. The van der Waals surface area contributed by atoms with Crippen LogP contribution in [0.2, 0.25) is 0 Å². The van der Waals surface area contributed by atoms with Gasteiger partial charge in [-0.1, -0.05) is 18.2 Å². The first-order chi connectivity index (χ1) is 17.3. The fourth-order valence-electron chi connectivity index (χ4n) is 3.56. The van der Waals surface area contributed by atoms with Crippen molar-refractivity contribution in [3.8, 4) is 11.1 Å². The fraction of sp³-hybridized carbons (Fsp3) is 0.125. The molecule has 13 heteroatoms. The minimum absolute atomic E-state index is 0.0260. The summed E-state index contributed by atoms with van der Waals surface area (Å²) in [6.07, 6.45) is -10.1. The van der Waals surface area contributed by atoms with E-state index in [2.05, 4.69) is 20.8 Å². The van der Waals surface area contributed by atoms with Crippen molar-refractivity contribution in [3.05, 3.63) is 77.5 Å². The minimum atomic E-state index is -5.03. The molecule has 0 bridgehead atoms. The zero-order valence-corrected chi connectivity index (χ0v) is 18.8. The van der Waals surface area contributed by atoms with Crippen molar-refractivity contribution in [1.82, 2.24) is 15.5 Å². The third-order valence-electron chi connectivity index (χ3n) is 5.33. The first-order valence-electron chi connectivity index (χ1n) is 10.5. The third-order valence-corrected chi connectivity index (χ3v) is 5.33. The summed E-state index contributed by atoms with van der Waals surface area (Å²) in [5.41, 5.74) is -1.14. The lowest BCUT2D eigenvalue weighted by Crippen LogP contribution is -2.20. The Labute approximate surface area is 204 Å². The molecular formula is C24H17F6N5O2. The molecule has 0 atom stereocenters. The van der Waals surface area contributed by atoms with E-state index in [-0.39, 0.29) is 23.4 Å². The summed E-state index contributed by atoms with van der Waals surface area (Å²) in [5, 5.41) is 14.3. The largest absolute Gasteiger partial charge is 0.416 e. The van der Waals surface area contributed by atoms with Crippen molar-refractivity contribution in [2.45, 2.75) is 12.4 Å². The van der Waals surface area contributed by atoms with Crippen molar-refractivity contribution in [2.75, 3.05) is 17.7 Å². The second kappa shape index (κ2) is 9.48. The van der Waals surface area contributed by atoms with Crippen LogP contribution in [0, 0.1) is 0 Å².